The SMILES string of the molecule is Cc1ccc(OCC(=O)N2CC[NH+](Cc3ccccc3F)CC2)cc1. The van der Waals surface area contributed by atoms with Gasteiger partial charge in [-0.1, -0.05) is 35.9 Å². The van der Waals surface area contributed by atoms with Gasteiger partial charge in [-0.2, -0.15) is 0 Å². The van der Waals surface area contributed by atoms with Gasteiger partial charge in [-0.05, 0) is 25.1 Å². The molecule has 3 rings (SSSR count). The van der Waals surface area contributed by atoms with Crippen LogP contribution in [-0.2, 0) is 11.3 Å². The van der Waals surface area contributed by atoms with Crippen molar-refractivity contribution in [3.63, 3.8) is 0 Å². The smallest absolute Gasteiger partial charge is 0.260 e. The zero-order valence-corrected chi connectivity index (χ0v) is 14.5. The molecular weight excluding hydrogens is 319 g/mol. The highest BCUT2D eigenvalue weighted by Gasteiger charge is 2.24. The Balaban J connectivity index is 1.44. The van der Waals surface area contributed by atoms with E-state index in [0.717, 1.165) is 24.2 Å². The van der Waals surface area contributed by atoms with Crippen LogP contribution in [0.3, 0.4) is 0 Å². The summed E-state index contributed by atoms with van der Waals surface area (Å²) in [5.74, 6) is 0.563. The number of amides is 1. The van der Waals surface area contributed by atoms with Crippen LogP contribution in [0.4, 0.5) is 4.39 Å². The molecule has 25 heavy (non-hydrogen) atoms. The average Bonchev–Trinajstić information content (AvgIpc) is 2.63. The minimum Gasteiger partial charge on any atom is -0.484 e. The maximum atomic E-state index is 13.7. The van der Waals surface area contributed by atoms with Gasteiger partial charge >= 0.3 is 0 Å². The fourth-order valence-corrected chi connectivity index (χ4v) is 3.03. The molecule has 1 aliphatic heterocycles. The predicted octanol–water partition coefficient (Wildman–Crippen LogP) is 1.44. The number of aryl methyl sites for hydroxylation is 1. The molecule has 1 heterocycles. The lowest BCUT2D eigenvalue weighted by Gasteiger charge is -2.32. The number of piperazine rings is 1. The monoisotopic (exact) mass is 343 g/mol. The Morgan fingerprint density at radius 3 is 2.48 bits per heavy atom. The normalized spacial score (nSPS) is 15.2. The van der Waals surface area contributed by atoms with Crippen LogP contribution in [0.5, 0.6) is 5.75 Å². The van der Waals surface area contributed by atoms with Crippen LogP contribution in [0.1, 0.15) is 11.1 Å². The van der Waals surface area contributed by atoms with E-state index in [9.17, 15) is 9.18 Å². The molecule has 1 amide bonds. The molecule has 0 aromatic heterocycles. The number of nitrogens with one attached hydrogen (secondary N) is 1. The lowest BCUT2D eigenvalue weighted by molar-refractivity contribution is -0.917. The number of nitrogens with zero attached hydrogens (tertiary/aromatic N) is 1. The third-order valence-electron chi connectivity index (χ3n) is 4.60. The number of hydrogen-bond acceptors (Lipinski definition) is 2. The van der Waals surface area contributed by atoms with E-state index in [1.807, 2.05) is 48.2 Å². The Labute approximate surface area is 147 Å². The van der Waals surface area contributed by atoms with Crippen molar-refractivity contribution < 1.29 is 18.8 Å². The van der Waals surface area contributed by atoms with Crippen LogP contribution in [0.15, 0.2) is 48.5 Å². The summed E-state index contributed by atoms with van der Waals surface area (Å²) in [6, 6.07) is 14.6. The Bertz CT molecular complexity index is 710. The Morgan fingerprint density at radius 1 is 1.12 bits per heavy atom. The standard InChI is InChI=1S/C20H23FN2O2/c1-16-6-8-18(9-7-16)25-15-20(24)23-12-10-22(11-13-23)14-17-4-2-3-5-19(17)21/h2-9H,10-15H2,1H3/p+1. The largest absolute Gasteiger partial charge is 0.484 e. The highest BCUT2D eigenvalue weighted by Crippen LogP contribution is 2.11. The topological polar surface area (TPSA) is 34.0 Å². The molecule has 0 bridgehead atoms. The molecule has 1 N–H and O–H groups in total. The van der Waals surface area contributed by atoms with Gasteiger partial charge in [0, 0.05) is 5.56 Å². The van der Waals surface area contributed by atoms with E-state index < -0.39 is 0 Å². The maximum Gasteiger partial charge on any atom is 0.260 e. The minimum atomic E-state index is -0.153. The molecule has 2 aromatic rings. The summed E-state index contributed by atoms with van der Waals surface area (Å²) in [4.78, 5) is 15.4. The van der Waals surface area contributed by atoms with Crippen molar-refractivity contribution in [2.75, 3.05) is 32.8 Å². The molecule has 0 aliphatic carbocycles. The zero-order valence-electron chi connectivity index (χ0n) is 14.5. The summed E-state index contributed by atoms with van der Waals surface area (Å²) in [7, 11) is 0. The third kappa shape index (κ3) is 4.79. The zero-order chi connectivity index (χ0) is 17.6. The van der Waals surface area contributed by atoms with E-state index in [0.29, 0.717) is 25.4 Å². The molecule has 0 saturated carbocycles. The van der Waals surface area contributed by atoms with E-state index in [1.54, 1.807) is 6.07 Å². The van der Waals surface area contributed by atoms with Crippen LogP contribution in [0, 0.1) is 12.7 Å². The second-order valence-electron chi connectivity index (χ2n) is 6.50. The number of halogens is 1. The summed E-state index contributed by atoms with van der Waals surface area (Å²) in [6.45, 7) is 5.74. The minimum absolute atomic E-state index is 0.00511. The first-order chi connectivity index (χ1) is 12.1. The van der Waals surface area contributed by atoms with Crippen molar-refractivity contribution in [2.45, 2.75) is 13.5 Å². The number of carbonyl (C=O) groups excluding carboxylic acids is 1. The maximum absolute atomic E-state index is 13.7. The molecule has 0 spiro atoms. The fourth-order valence-electron chi connectivity index (χ4n) is 3.03. The van der Waals surface area contributed by atoms with Crippen LogP contribution in [-0.4, -0.2) is 43.6 Å². The van der Waals surface area contributed by atoms with Gasteiger partial charge in [-0.25, -0.2) is 4.39 Å². The van der Waals surface area contributed by atoms with Crippen LogP contribution in [0.2, 0.25) is 0 Å². The number of rotatable bonds is 5. The molecule has 1 fully saturated rings. The number of quaternary nitrogens is 1. The first-order valence-electron chi connectivity index (χ1n) is 8.66. The number of ether oxygens (including phenoxy) is 1. The Hall–Kier alpha value is -2.40. The van der Waals surface area contributed by atoms with Gasteiger partial charge in [0.05, 0.1) is 26.2 Å². The average molecular weight is 343 g/mol. The van der Waals surface area contributed by atoms with Gasteiger partial charge < -0.3 is 14.5 Å². The van der Waals surface area contributed by atoms with Crippen LogP contribution >= 0.6 is 0 Å². The molecule has 0 atom stereocenters. The predicted molar refractivity (Wildman–Crippen MR) is 94.1 cm³/mol. The van der Waals surface area contributed by atoms with Crippen LogP contribution < -0.4 is 9.64 Å². The van der Waals surface area contributed by atoms with Crippen molar-refractivity contribution in [1.82, 2.24) is 4.90 Å². The quantitative estimate of drug-likeness (QED) is 0.891. The first kappa shape index (κ1) is 17.4. The van der Waals surface area contributed by atoms with Gasteiger partial charge in [0.15, 0.2) is 6.61 Å². The van der Waals surface area contributed by atoms with Gasteiger partial charge in [0.2, 0.25) is 0 Å². The molecule has 4 nitrogen and oxygen atoms in total. The van der Waals surface area contributed by atoms with Gasteiger partial charge in [0.1, 0.15) is 18.1 Å². The highest BCUT2D eigenvalue weighted by atomic mass is 19.1. The third-order valence-corrected chi connectivity index (χ3v) is 4.60. The molecule has 0 radical (unpaired) electrons. The number of hydrogen-bond donors (Lipinski definition) is 1. The second kappa shape index (κ2) is 8.12. The summed E-state index contributed by atoms with van der Waals surface area (Å²) in [6.07, 6.45) is 0. The Kier molecular flexibility index (Phi) is 5.66. The summed E-state index contributed by atoms with van der Waals surface area (Å²) in [5.41, 5.74) is 1.90. The van der Waals surface area contributed by atoms with Gasteiger partial charge in [-0.3, -0.25) is 4.79 Å². The lowest BCUT2D eigenvalue weighted by atomic mass is 10.2. The van der Waals surface area contributed by atoms with Gasteiger partial charge in [0.25, 0.3) is 5.91 Å². The first-order valence-corrected chi connectivity index (χ1v) is 8.66. The molecule has 2 aromatic carbocycles. The van der Waals surface area contributed by atoms with E-state index >= 15 is 0 Å². The van der Waals surface area contributed by atoms with Crippen molar-refractivity contribution >= 4 is 5.91 Å². The highest BCUT2D eigenvalue weighted by molar-refractivity contribution is 5.77. The molecule has 132 valence electrons. The van der Waals surface area contributed by atoms with E-state index in [1.165, 1.54) is 11.0 Å². The van der Waals surface area contributed by atoms with Crippen molar-refractivity contribution in [3.05, 3.63) is 65.5 Å². The van der Waals surface area contributed by atoms with E-state index in [-0.39, 0.29) is 18.3 Å². The fraction of sp³-hybridized carbons (Fsp3) is 0.350. The molecular formula is C20H24FN2O2+. The van der Waals surface area contributed by atoms with E-state index in [2.05, 4.69) is 0 Å². The summed E-state index contributed by atoms with van der Waals surface area (Å²) < 4.78 is 19.3. The van der Waals surface area contributed by atoms with Gasteiger partial charge in [-0.15, -0.1) is 0 Å². The van der Waals surface area contributed by atoms with Crippen molar-refractivity contribution in [3.8, 4) is 5.75 Å². The summed E-state index contributed by atoms with van der Waals surface area (Å²) in [5, 5.41) is 0. The lowest BCUT2D eigenvalue weighted by Crippen LogP contribution is -3.13. The second-order valence-corrected chi connectivity index (χ2v) is 6.50. The van der Waals surface area contributed by atoms with Crippen LogP contribution in [0.25, 0.3) is 0 Å². The molecule has 5 heteroatoms. The summed E-state index contributed by atoms with van der Waals surface area (Å²) >= 11 is 0. The Morgan fingerprint density at radius 2 is 1.80 bits per heavy atom. The molecule has 1 aliphatic rings. The van der Waals surface area contributed by atoms with E-state index in [4.69, 9.17) is 4.74 Å². The van der Waals surface area contributed by atoms with Crippen molar-refractivity contribution in [2.24, 2.45) is 0 Å². The molecule has 0 unspecified atom stereocenters. The molecule has 1 saturated heterocycles. The number of carbonyl (C=O) groups is 1. The van der Waals surface area contributed by atoms with Crippen molar-refractivity contribution in [1.29, 1.82) is 0 Å². The number of benzene rings is 2.